The van der Waals surface area contributed by atoms with Crippen LogP contribution in [0.4, 0.5) is 5.69 Å². The third-order valence-corrected chi connectivity index (χ3v) is 6.27. The minimum Gasteiger partial charge on any atom is -0.460 e. The summed E-state index contributed by atoms with van der Waals surface area (Å²) < 4.78 is 59.9. The SMILES string of the molecule is Cc1cccc(NC(=S)NCCOCCOCCOCCOCCOCCOCCOCCOCCOCCOCCC(=O)OC(C)(C)C)c1. The van der Waals surface area contributed by atoms with Gasteiger partial charge in [-0.05, 0) is 57.6 Å². The first-order chi connectivity index (χ1) is 24.3. The number of esters is 1. The van der Waals surface area contributed by atoms with E-state index in [1.165, 1.54) is 5.56 Å². The first-order valence-corrected chi connectivity index (χ1v) is 17.8. The molecule has 14 nitrogen and oxygen atoms in total. The van der Waals surface area contributed by atoms with Crippen molar-refractivity contribution in [2.45, 2.75) is 39.7 Å². The predicted molar refractivity (Wildman–Crippen MR) is 194 cm³/mol. The summed E-state index contributed by atoms with van der Waals surface area (Å²) >= 11 is 5.29. The van der Waals surface area contributed by atoms with Gasteiger partial charge in [0.05, 0.1) is 139 Å². The van der Waals surface area contributed by atoms with Crippen LogP contribution < -0.4 is 10.6 Å². The van der Waals surface area contributed by atoms with E-state index < -0.39 is 5.60 Å². The summed E-state index contributed by atoms with van der Waals surface area (Å²) in [7, 11) is 0. The number of rotatable bonds is 34. The summed E-state index contributed by atoms with van der Waals surface area (Å²) in [5.74, 6) is -0.266. The second-order valence-corrected chi connectivity index (χ2v) is 12.1. The summed E-state index contributed by atoms with van der Waals surface area (Å²) in [6, 6.07) is 8.04. The topological polar surface area (TPSA) is 143 Å². The number of carbonyl (C=O) groups excluding carboxylic acids is 1. The first kappa shape index (κ1) is 46.0. The standard InChI is InChI=1S/C35H62N2O12S/c1-31-6-5-7-32(30-31)37-34(50)36-9-11-40-13-15-42-17-19-44-21-23-46-25-27-48-29-28-47-26-24-45-22-20-43-18-16-41-14-12-39-10-8-33(38)49-35(2,3)4/h5-7,30H,8-29H2,1-4H3,(H2,36,37,50). The highest BCUT2D eigenvalue weighted by atomic mass is 32.1. The monoisotopic (exact) mass is 734 g/mol. The Morgan fingerprint density at radius 1 is 0.580 bits per heavy atom. The number of benzene rings is 1. The molecule has 0 spiro atoms. The fourth-order valence-corrected chi connectivity index (χ4v) is 3.98. The van der Waals surface area contributed by atoms with Crippen LogP contribution in [-0.2, 0) is 56.9 Å². The van der Waals surface area contributed by atoms with E-state index in [1.807, 2.05) is 52.0 Å². The van der Waals surface area contributed by atoms with Gasteiger partial charge in [0, 0.05) is 12.2 Å². The van der Waals surface area contributed by atoms with Crippen molar-refractivity contribution in [3.63, 3.8) is 0 Å². The maximum absolute atomic E-state index is 11.6. The minimum absolute atomic E-state index is 0.231. The molecule has 0 saturated heterocycles. The van der Waals surface area contributed by atoms with Gasteiger partial charge >= 0.3 is 5.97 Å². The molecule has 290 valence electrons. The molecular formula is C35H62N2O12S. The lowest BCUT2D eigenvalue weighted by atomic mass is 10.2. The van der Waals surface area contributed by atoms with Gasteiger partial charge in [-0.2, -0.15) is 0 Å². The molecule has 0 saturated carbocycles. The Hall–Kier alpha value is -2.02. The Balaban J connectivity index is 1.66. The maximum atomic E-state index is 11.6. The summed E-state index contributed by atoms with van der Waals surface area (Å²) in [5, 5.41) is 6.84. The summed E-state index contributed by atoms with van der Waals surface area (Å²) in [4.78, 5) is 11.6. The number of nitrogens with one attached hydrogen (secondary N) is 2. The molecule has 1 rings (SSSR count). The normalized spacial score (nSPS) is 11.5. The van der Waals surface area contributed by atoms with Crippen molar-refractivity contribution in [2.24, 2.45) is 0 Å². The highest BCUT2D eigenvalue weighted by Gasteiger charge is 2.15. The second kappa shape index (κ2) is 32.9. The Labute approximate surface area is 304 Å². The Bertz CT molecular complexity index is 955. The van der Waals surface area contributed by atoms with E-state index >= 15 is 0 Å². The molecule has 0 aromatic heterocycles. The lowest BCUT2D eigenvalue weighted by Crippen LogP contribution is -2.31. The molecule has 0 aliphatic carbocycles. The summed E-state index contributed by atoms with van der Waals surface area (Å²) in [5.41, 5.74) is 1.66. The van der Waals surface area contributed by atoms with Crippen molar-refractivity contribution < 1.29 is 56.9 Å². The van der Waals surface area contributed by atoms with Crippen LogP contribution in [0.1, 0.15) is 32.8 Å². The lowest BCUT2D eigenvalue weighted by molar-refractivity contribution is -0.156. The molecule has 0 bridgehead atoms. The molecule has 2 N–H and O–H groups in total. The lowest BCUT2D eigenvalue weighted by Gasteiger charge is -2.19. The largest absolute Gasteiger partial charge is 0.460 e. The molecule has 1 aromatic rings. The average molecular weight is 735 g/mol. The van der Waals surface area contributed by atoms with Crippen molar-refractivity contribution in [1.82, 2.24) is 5.32 Å². The zero-order valence-electron chi connectivity index (χ0n) is 30.7. The van der Waals surface area contributed by atoms with Crippen molar-refractivity contribution in [1.29, 1.82) is 0 Å². The molecule has 0 radical (unpaired) electrons. The number of anilines is 1. The van der Waals surface area contributed by atoms with Gasteiger partial charge in [0.15, 0.2) is 5.11 Å². The fraction of sp³-hybridized carbons (Fsp3) is 0.771. The Morgan fingerprint density at radius 2 is 0.940 bits per heavy atom. The second-order valence-electron chi connectivity index (χ2n) is 11.7. The number of aryl methyl sites for hydroxylation is 1. The maximum Gasteiger partial charge on any atom is 0.308 e. The number of hydrogen-bond acceptors (Lipinski definition) is 13. The van der Waals surface area contributed by atoms with Crippen LogP contribution in [0.3, 0.4) is 0 Å². The molecule has 0 amide bonds. The van der Waals surface area contributed by atoms with E-state index in [0.717, 1.165) is 5.69 Å². The quantitative estimate of drug-likeness (QED) is 0.0608. The molecular weight excluding hydrogens is 672 g/mol. The molecule has 0 heterocycles. The average Bonchev–Trinajstić information content (AvgIpc) is 3.06. The third-order valence-electron chi connectivity index (χ3n) is 6.03. The van der Waals surface area contributed by atoms with Crippen LogP contribution in [0.2, 0.25) is 0 Å². The van der Waals surface area contributed by atoms with Gasteiger partial charge in [0.2, 0.25) is 0 Å². The van der Waals surface area contributed by atoms with Crippen LogP contribution in [0.5, 0.6) is 0 Å². The molecule has 0 aliphatic heterocycles. The minimum atomic E-state index is -0.475. The number of carbonyl (C=O) groups is 1. The zero-order valence-corrected chi connectivity index (χ0v) is 31.5. The van der Waals surface area contributed by atoms with Gasteiger partial charge in [-0.3, -0.25) is 4.79 Å². The highest BCUT2D eigenvalue weighted by molar-refractivity contribution is 7.80. The van der Waals surface area contributed by atoms with Crippen molar-refractivity contribution in [2.75, 3.05) is 144 Å². The summed E-state index contributed by atoms with van der Waals surface area (Å²) in [6.07, 6.45) is 0.231. The van der Waals surface area contributed by atoms with E-state index in [0.29, 0.717) is 144 Å². The van der Waals surface area contributed by atoms with Gasteiger partial charge in [0.1, 0.15) is 5.60 Å². The highest BCUT2D eigenvalue weighted by Crippen LogP contribution is 2.09. The van der Waals surface area contributed by atoms with E-state index in [2.05, 4.69) is 10.6 Å². The summed E-state index contributed by atoms with van der Waals surface area (Å²) in [6.45, 7) is 17.8. The van der Waals surface area contributed by atoms with Gasteiger partial charge in [0.25, 0.3) is 0 Å². The van der Waals surface area contributed by atoms with Gasteiger partial charge in [-0.15, -0.1) is 0 Å². The fourth-order valence-electron chi connectivity index (χ4n) is 3.76. The first-order valence-electron chi connectivity index (χ1n) is 17.4. The Kier molecular flexibility index (Phi) is 30.2. The van der Waals surface area contributed by atoms with Crippen molar-refractivity contribution >= 4 is 29.0 Å². The van der Waals surface area contributed by atoms with Crippen molar-refractivity contribution in [3.05, 3.63) is 29.8 Å². The zero-order chi connectivity index (χ0) is 36.4. The van der Waals surface area contributed by atoms with Crippen LogP contribution in [0.15, 0.2) is 24.3 Å². The number of hydrogen-bond donors (Lipinski definition) is 2. The molecule has 0 unspecified atom stereocenters. The van der Waals surface area contributed by atoms with E-state index in [4.69, 9.17) is 64.3 Å². The van der Waals surface area contributed by atoms with Gasteiger partial charge in [-0.25, -0.2) is 0 Å². The van der Waals surface area contributed by atoms with E-state index in [9.17, 15) is 4.79 Å². The molecule has 0 atom stereocenters. The van der Waals surface area contributed by atoms with Crippen molar-refractivity contribution in [3.8, 4) is 0 Å². The van der Waals surface area contributed by atoms with Crippen LogP contribution in [0.25, 0.3) is 0 Å². The smallest absolute Gasteiger partial charge is 0.308 e. The molecule has 0 aliphatic rings. The number of thiocarbonyl (C=S) groups is 1. The van der Waals surface area contributed by atoms with Crippen LogP contribution in [-0.4, -0.2) is 155 Å². The van der Waals surface area contributed by atoms with E-state index in [1.54, 1.807) is 0 Å². The Morgan fingerprint density at radius 3 is 1.30 bits per heavy atom. The molecule has 50 heavy (non-hydrogen) atoms. The van der Waals surface area contributed by atoms with Gasteiger partial charge < -0.3 is 62.7 Å². The molecule has 1 aromatic carbocycles. The number of ether oxygens (including phenoxy) is 11. The van der Waals surface area contributed by atoms with Gasteiger partial charge in [-0.1, -0.05) is 12.1 Å². The third kappa shape index (κ3) is 33.1. The molecule has 0 fully saturated rings. The van der Waals surface area contributed by atoms with Crippen LogP contribution >= 0.6 is 12.2 Å². The van der Waals surface area contributed by atoms with E-state index in [-0.39, 0.29) is 12.4 Å². The molecule has 15 heteroatoms. The van der Waals surface area contributed by atoms with Crippen LogP contribution in [0, 0.1) is 6.92 Å². The predicted octanol–water partition coefficient (Wildman–Crippen LogP) is 3.18.